The number of urea groups is 1. The first-order valence-electron chi connectivity index (χ1n) is 10.3. The average Bonchev–Trinajstić information content (AvgIpc) is 2.82. The Morgan fingerprint density at radius 1 is 1.00 bits per heavy atom. The van der Waals surface area contributed by atoms with Gasteiger partial charge >= 0.3 is 6.03 Å². The van der Waals surface area contributed by atoms with Gasteiger partial charge in [-0.1, -0.05) is 48.0 Å². The quantitative estimate of drug-likeness (QED) is 0.257. The number of ether oxygens (including phenoxy) is 1. The van der Waals surface area contributed by atoms with E-state index in [0.29, 0.717) is 22.6 Å². The Morgan fingerprint density at radius 3 is 2.47 bits per heavy atom. The van der Waals surface area contributed by atoms with Crippen molar-refractivity contribution in [3.05, 3.63) is 105 Å². The lowest BCUT2D eigenvalue weighted by Crippen LogP contribution is -2.54. The average molecular weight is 457 g/mol. The van der Waals surface area contributed by atoms with Crippen LogP contribution in [-0.2, 0) is 16.2 Å². The minimum absolute atomic E-state index is 0.0377. The van der Waals surface area contributed by atoms with Gasteiger partial charge < -0.3 is 4.74 Å². The number of non-ortho nitro benzene ring substituents is 1. The minimum atomic E-state index is -0.828. The van der Waals surface area contributed by atoms with Gasteiger partial charge in [-0.15, -0.1) is 0 Å². The van der Waals surface area contributed by atoms with E-state index in [2.05, 4.69) is 5.32 Å². The summed E-state index contributed by atoms with van der Waals surface area (Å²) in [4.78, 5) is 49.4. The second kappa shape index (κ2) is 9.37. The van der Waals surface area contributed by atoms with Gasteiger partial charge in [0.05, 0.1) is 10.6 Å². The number of hydrogen-bond acceptors (Lipinski definition) is 6. The summed E-state index contributed by atoms with van der Waals surface area (Å²) < 4.78 is 5.83. The van der Waals surface area contributed by atoms with Crippen molar-refractivity contribution in [1.82, 2.24) is 5.32 Å². The van der Waals surface area contributed by atoms with E-state index in [4.69, 9.17) is 4.74 Å². The van der Waals surface area contributed by atoms with Gasteiger partial charge in [-0.05, 0) is 36.8 Å². The summed E-state index contributed by atoms with van der Waals surface area (Å²) >= 11 is 0. The fourth-order valence-corrected chi connectivity index (χ4v) is 3.39. The fourth-order valence-electron chi connectivity index (χ4n) is 3.39. The Labute approximate surface area is 194 Å². The standard InChI is InChI=1S/C25H19N3O6/c1-16-9-11-19(12-10-16)27-24(30)21(23(29)26-25(27)31)14-18-6-2-3-8-22(18)34-15-17-5-4-7-20(13-17)28(32)33/h2-14H,15H2,1H3,(H,26,29,31)/b21-14+. The van der Waals surface area contributed by atoms with Gasteiger partial charge in [0.2, 0.25) is 0 Å². The summed E-state index contributed by atoms with van der Waals surface area (Å²) in [5.41, 5.74) is 2.02. The highest BCUT2D eigenvalue weighted by atomic mass is 16.6. The Kier molecular flexibility index (Phi) is 6.18. The van der Waals surface area contributed by atoms with E-state index < -0.39 is 22.8 Å². The molecule has 9 heteroatoms. The molecule has 1 fully saturated rings. The van der Waals surface area contributed by atoms with Crippen LogP contribution in [0.2, 0.25) is 0 Å². The molecular formula is C25H19N3O6. The number of benzene rings is 3. The summed E-state index contributed by atoms with van der Waals surface area (Å²) in [7, 11) is 0. The van der Waals surface area contributed by atoms with Crippen LogP contribution in [0.5, 0.6) is 5.75 Å². The zero-order chi connectivity index (χ0) is 24.2. The third-order valence-corrected chi connectivity index (χ3v) is 5.13. The van der Waals surface area contributed by atoms with Crippen LogP contribution in [0.25, 0.3) is 6.08 Å². The normalized spacial score (nSPS) is 14.8. The van der Waals surface area contributed by atoms with Crippen LogP contribution in [-0.4, -0.2) is 22.8 Å². The van der Waals surface area contributed by atoms with Crippen molar-refractivity contribution in [2.45, 2.75) is 13.5 Å². The highest BCUT2D eigenvalue weighted by Crippen LogP contribution is 2.26. The molecule has 0 bridgehead atoms. The summed E-state index contributed by atoms with van der Waals surface area (Å²) in [6.45, 7) is 1.91. The number of barbiturate groups is 1. The predicted molar refractivity (Wildman–Crippen MR) is 124 cm³/mol. The zero-order valence-corrected chi connectivity index (χ0v) is 18.1. The number of aryl methyl sites for hydroxylation is 1. The predicted octanol–water partition coefficient (Wildman–Crippen LogP) is 4.15. The topological polar surface area (TPSA) is 119 Å². The van der Waals surface area contributed by atoms with E-state index in [0.717, 1.165) is 10.5 Å². The SMILES string of the molecule is Cc1ccc(N2C(=O)NC(=O)/C(=C\c3ccccc3OCc3cccc([N+](=O)[O-])c3)C2=O)cc1. The maximum Gasteiger partial charge on any atom is 0.335 e. The summed E-state index contributed by atoms with van der Waals surface area (Å²) in [5, 5.41) is 13.2. The lowest BCUT2D eigenvalue weighted by atomic mass is 10.1. The second-order valence-electron chi connectivity index (χ2n) is 7.55. The molecule has 0 atom stereocenters. The lowest BCUT2D eigenvalue weighted by Gasteiger charge is -2.26. The molecule has 170 valence electrons. The van der Waals surface area contributed by atoms with Crippen LogP contribution < -0.4 is 15.0 Å². The molecule has 0 aliphatic carbocycles. The zero-order valence-electron chi connectivity index (χ0n) is 18.1. The number of nitrogens with zero attached hydrogens (tertiary/aromatic N) is 2. The minimum Gasteiger partial charge on any atom is -0.488 e. The lowest BCUT2D eigenvalue weighted by molar-refractivity contribution is -0.384. The van der Waals surface area contributed by atoms with Gasteiger partial charge in [0.15, 0.2) is 0 Å². The third kappa shape index (κ3) is 4.68. The summed E-state index contributed by atoms with van der Waals surface area (Å²) in [6, 6.07) is 18.7. The van der Waals surface area contributed by atoms with Gasteiger partial charge in [-0.25, -0.2) is 9.69 Å². The number of carbonyl (C=O) groups is 3. The Morgan fingerprint density at radius 2 is 1.74 bits per heavy atom. The molecule has 0 radical (unpaired) electrons. The smallest absolute Gasteiger partial charge is 0.335 e. The summed E-state index contributed by atoms with van der Waals surface area (Å²) in [5.74, 6) is -1.21. The van der Waals surface area contributed by atoms with Crippen LogP contribution >= 0.6 is 0 Å². The summed E-state index contributed by atoms with van der Waals surface area (Å²) in [6.07, 6.45) is 1.36. The Bertz CT molecular complexity index is 1330. The van der Waals surface area contributed by atoms with Crippen LogP contribution in [0.4, 0.5) is 16.2 Å². The van der Waals surface area contributed by atoms with Crippen LogP contribution in [0, 0.1) is 17.0 Å². The molecule has 1 N–H and O–H groups in total. The van der Waals surface area contributed by atoms with Crippen LogP contribution in [0.3, 0.4) is 0 Å². The molecule has 1 aliphatic heterocycles. The van der Waals surface area contributed by atoms with E-state index in [1.807, 2.05) is 6.92 Å². The number of amides is 4. The van der Waals surface area contributed by atoms with E-state index in [1.54, 1.807) is 60.7 Å². The van der Waals surface area contributed by atoms with Crippen LogP contribution in [0.15, 0.2) is 78.4 Å². The molecule has 1 heterocycles. The number of nitro benzene ring substituents is 1. The highest BCUT2D eigenvalue weighted by molar-refractivity contribution is 6.39. The number of hydrogen-bond donors (Lipinski definition) is 1. The van der Waals surface area contributed by atoms with Crippen molar-refractivity contribution in [1.29, 1.82) is 0 Å². The molecule has 0 spiro atoms. The number of anilines is 1. The van der Waals surface area contributed by atoms with Crippen LogP contribution in [0.1, 0.15) is 16.7 Å². The molecule has 34 heavy (non-hydrogen) atoms. The first-order chi connectivity index (χ1) is 16.3. The molecule has 4 amide bonds. The molecular weight excluding hydrogens is 438 g/mol. The Hall–Kier alpha value is -4.79. The highest BCUT2D eigenvalue weighted by Gasteiger charge is 2.36. The number of carbonyl (C=O) groups excluding carboxylic acids is 3. The van der Waals surface area contributed by atoms with Gasteiger partial charge in [0.25, 0.3) is 17.5 Å². The Balaban J connectivity index is 1.62. The van der Waals surface area contributed by atoms with Gasteiger partial charge in [0.1, 0.15) is 17.9 Å². The molecule has 3 aromatic rings. The van der Waals surface area contributed by atoms with E-state index in [-0.39, 0.29) is 17.9 Å². The molecule has 9 nitrogen and oxygen atoms in total. The van der Waals surface area contributed by atoms with E-state index >= 15 is 0 Å². The first-order valence-corrected chi connectivity index (χ1v) is 10.3. The molecule has 0 saturated carbocycles. The van der Waals surface area contributed by atoms with Crippen molar-refractivity contribution < 1.29 is 24.0 Å². The van der Waals surface area contributed by atoms with Crippen molar-refractivity contribution in [2.75, 3.05) is 4.90 Å². The van der Waals surface area contributed by atoms with E-state index in [1.165, 1.54) is 18.2 Å². The molecule has 1 saturated heterocycles. The van der Waals surface area contributed by atoms with Crippen molar-refractivity contribution in [3.8, 4) is 5.75 Å². The number of para-hydroxylation sites is 1. The van der Waals surface area contributed by atoms with Gasteiger partial charge in [-0.2, -0.15) is 0 Å². The third-order valence-electron chi connectivity index (χ3n) is 5.13. The first kappa shape index (κ1) is 22.4. The second-order valence-corrected chi connectivity index (χ2v) is 7.55. The number of nitrogens with one attached hydrogen (secondary N) is 1. The molecule has 0 unspecified atom stereocenters. The van der Waals surface area contributed by atoms with Gasteiger partial charge in [0, 0.05) is 17.7 Å². The van der Waals surface area contributed by atoms with E-state index in [9.17, 15) is 24.5 Å². The monoisotopic (exact) mass is 457 g/mol. The maximum atomic E-state index is 13.1. The van der Waals surface area contributed by atoms with Gasteiger partial charge in [-0.3, -0.25) is 25.0 Å². The van der Waals surface area contributed by atoms with Crippen molar-refractivity contribution in [3.63, 3.8) is 0 Å². The number of rotatable bonds is 6. The fraction of sp³-hybridized carbons (Fsp3) is 0.0800. The number of imide groups is 2. The van der Waals surface area contributed by atoms with Crippen molar-refractivity contribution in [2.24, 2.45) is 0 Å². The maximum absolute atomic E-state index is 13.1. The molecule has 0 aromatic heterocycles. The largest absolute Gasteiger partial charge is 0.488 e. The van der Waals surface area contributed by atoms with Crippen molar-refractivity contribution >= 4 is 35.3 Å². The molecule has 3 aromatic carbocycles. The molecule has 4 rings (SSSR count). The number of nitro groups is 1. The molecule has 1 aliphatic rings.